The number of hydrogen-bond donors (Lipinski definition) is 1. The molecule has 0 bridgehead atoms. The zero-order valence-corrected chi connectivity index (χ0v) is 10.7. The molecule has 0 spiro atoms. The Hall–Kier alpha value is -1.02. The normalized spacial score (nSPS) is 15.1. The smallest absolute Gasteiger partial charge is 0.212 e. The lowest BCUT2D eigenvalue weighted by Crippen LogP contribution is -2.27. The Balaban J connectivity index is 1.90. The molecule has 1 aliphatic carbocycles. The van der Waals surface area contributed by atoms with Crippen LogP contribution in [0.1, 0.15) is 18.4 Å². The average Bonchev–Trinajstić information content (AvgIpc) is 3.08. The summed E-state index contributed by atoms with van der Waals surface area (Å²) in [6.45, 7) is 0.144. The Morgan fingerprint density at radius 1 is 1.41 bits per heavy atom. The molecule has 0 aliphatic heterocycles. The summed E-state index contributed by atoms with van der Waals surface area (Å²) in [5.41, 5.74) is 0.781. The van der Waals surface area contributed by atoms with Gasteiger partial charge in [-0.05, 0) is 31.0 Å². The molecular weight excluding hydrogens is 258 g/mol. The lowest BCUT2D eigenvalue weighted by atomic mass is 10.2. The predicted octanol–water partition coefficient (Wildman–Crippen LogP) is 1.77. The maximum atomic E-state index is 11.5. The minimum atomic E-state index is -3.13. The number of rotatable bonds is 3. The minimum absolute atomic E-state index is 0.144. The molecule has 1 aromatic rings. The van der Waals surface area contributed by atoms with E-state index in [2.05, 4.69) is 16.6 Å². The van der Waals surface area contributed by atoms with Crippen LogP contribution in [0.4, 0.5) is 0 Å². The average molecular weight is 270 g/mol. The van der Waals surface area contributed by atoms with Gasteiger partial charge in [0.05, 0.1) is 11.8 Å². The van der Waals surface area contributed by atoms with Crippen LogP contribution in [-0.2, 0) is 10.0 Å². The quantitative estimate of drug-likeness (QED) is 0.850. The molecule has 17 heavy (non-hydrogen) atoms. The monoisotopic (exact) mass is 269 g/mol. The second kappa shape index (κ2) is 5.09. The third kappa shape index (κ3) is 3.74. The molecule has 1 N–H and O–H groups in total. The highest BCUT2D eigenvalue weighted by molar-refractivity contribution is 7.90. The van der Waals surface area contributed by atoms with E-state index in [1.807, 2.05) is 6.07 Å². The summed E-state index contributed by atoms with van der Waals surface area (Å²) in [7, 11) is -3.13. The minimum Gasteiger partial charge on any atom is -0.212 e. The highest BCUT2D eigenvalue weighted by atomic mass is 35.5. The molecule has 0 aromatic heterocycles. The summed E-state index contributed by atoms with van der Waals surface area (Å²) in [6, 6.07) is 7.14. The van der Waals surface area contributed by atoms with Gasteiger partial charge in [0.1, 0.15) is 0 Å². The summed E-state index contributed by atoms with van der Waals surface area (Å²) in [5.74, 6) is 5.62. The van der Waals surface area contributed by atoms with Gasteiger partial charge in [0, 0.05) is 10.6 Å². The fraction of sp³-hybridized carbons (Fsp3) is 0.333. The van der Waals surface area contributed by atoms with Gasteiger partial charge in [0.25, 0.3) is 0 Å². The van der Waals surface area contributed by atoms with Crippen LogP contribution in [0.25, 0.3) is 0 Å². The van der Waals surface area contributed by atoms with E-state index >= 15 is 0 Å². The Morgan fingerprint density at radius 3 is 2.82 bits per heavy atom. The van der Waals surface area contributed by atoms with Crippen molar-refractivity contribution in [3.05, 3.63) is 34.9 Å². The maximum absolute atomic E-state index is 11.5. The van der Waals surface area contributed by atoms with Gasteiger partial charge in [-0.1, -0.05) is 29.5 Å². The van der Waals surface area contributed by atoms with Crippen molar-refractivity contribution in [2.24, 2.45) is 0 Å². The number of sulfonamides is 1. The van der Waals surface area contributed by atoms with Gasteiger partial charge < -0.3 is 0 Å². The van der Waals surface area contributed by atoms with Crippen LogP contribution in [0, 0.1) is 11.8 Å². The summed E-state index contributed by atoms with van der Waals surface area (Å²) in [4.78, 5) is 0. The second-order valence-corrected chi connectivity index (χ2v) is 6.36. The van der Waals surface area contributed by atoms with Crippen molar-refractivity contribution >= 4 is 21.6 Å². The molecule has 1 fully saturated rings. The van der Waals surface area contributed by atoms with E-state index < -0.39 is 10.0 Å². The Labute approximate surface area is 106 Å². The summed E-state index contributed by atoms with van der Waals surface area (Å²) in [5, 5.41) is 0.422. The first-order valence-electron chi connectivity index (χ1n) is 5.31. The van der Waals surface area contributed by atoms with Crippen molar-refractivity contribution in [2.75, 3.05) is 6.54 Å². The number of nitrogens with one attached hydrogen (secondary N) is 1. The van der Waals surface area contributed by atoms with E-state index in [9.17, 15) is 8.42 Å². The van der Waals surface area contributed by atoms with Crippen LogP contribution in [0.15, 0.2) is 24.3 Å². The van der Waals surface area contributed by atoms with Gasteiger partial charge in [-0.2, -0.15) is 0 Å². The first-order chi connectivity index (χ1) is 8.08. The summed E-state index contributed by atoms with van der Waals surface area (Å²) < 4.78 is 25.4. The molecule has 0 atom stereocenters. The van der Waals surface area contributed by atoms with Gasteiger partial charge >= 0.3 is 0 Å². The lowest BCUT2D eigenvalue weighted by Gasteiger charge is -1.99. The van der Waals surface area contributed by atoms with Gasteiger partial charge in [-0.15, -0.1) is 0 Å². The van der Waals surface area contributed by atoms with E-state index in [-0.39, 0.29) is 11.8 Å². The third-order valence-corrected chi connectivity index (χ3v) is 4.51. The van der Waals surface area contributed by atoms with Crippen LogP contribution >= 0.6 is 11.6 Å². The van der Waals surface area contributed by atoms with Gasteiger partial charge in [0.15, 0.2) is 0 Å². The third-order valence-electron chi connectivity index (χ3n) is 2.38. The first kappa shape index (κ1) is 12.4. The van der Waals surface area contributed by atoms with Crippen LogP contribution in [-0.4, -0.2) is 20.2 Å². The number of halogens is 1. The van der Waals surface area contributed by atoms with E-state index in [4.69, 9.17) is 11.6 Å². The largest absolute Gasteiger partial charge is 0.215 e. The summed E-state index contributed by atoms with van der Waals surface area (Å²) >= 11 is 5.80. The van der Waals surface area contributed by atoms with Crippen molar-refractivity contribution < 1.29 is 8.42 Å². The molecule has 0 heterocycles. The van der Waals surface area contributed by atoms with Gasteiger partial charge in [-0.25, -0.2) is 13.1 Å². The number of benzene rings is 1. The fourth-order valence-electron chi connectivity index (χ4n) is 1.35. The predicted molar refractivity (Wildman–Crippen MR) is 68.3 cm³/mol. The Kier molecular flexibility index (Phi) is 3.72. The highest BCUT2D eigenvalue weighted by Crippen LogP contribution is 2.27. The second-order valence-electron chi connectivity index (χ2n) is 3.88. The molecule has 1 aliphatic rings. The molecule has 0 radical (unpaired) electrons. The van der Waals surface area contributed by atoms with Gasteiger partial charge in [-0.3, -0.25) is 0 Å². The van der Waals surface area contributed by atoms with Crippen LogP contribution in [0.2, 0.25) is 5.02 Å². The molecule has 1 saturated carbocycles. The molecule has 3 nitrogen and oxygen atoms in total. The molecule has 90 valence electrons. The standard InChI is InChI=1S/C12H12ClNO2S/c13-11-5-1-3-10(9-11)4-2-8-14-17(15,16)12-6-7-12/h1,3,5,9,12,14H,6-8H2. The van der Waals surface area contributed by atoms with Crippen molar-refractivity contribution in [1.82, 2.24) is 4.72 Å². The van der Waals surface area contributed by atoms with E-state index in [1.54, 1.807) is 18.2 Å². The van der Waals surface area contributed by atoms with Crippen molar-refractivity contribution in [1.29, 1.82) is 0 Å². The SMILES string of the molecule is O=S(=O)(NCC#Cc1cccc(Cl)c1)C1CC1. The Morgan fingerprint density at radius 2 is 2.18 bits per heavy atom. The Bertz CT molecular complexity index is 568. The molecule has 1 aromatic carbocycles. The molecular formula is C12H12ClNO2S. The van der Waals surface area contributed by atoms with E-state index in [0.717, 1.165) is 18.4 Å². The number of hydrogen-bond acceptors (Lipinski definition) is 2. The van der Waals surface area contributed by atoms with Crippen molar-refractivity contribution in [3.63, 3.8) is 0 Å². The topological polar surface area (TPSA) is 46.2 Å². The van der Waals surface area contributed by atoms with Crippen molar-refractivity contribution in [3.8, 4) is 11.8 Å². The molecule has 5 heteroatoms. The van der Waals surface area contributed by atoms with Crippen LogP contribution in [0.3, 0.4) is 0 Å². The van der Waals surface area contributed by atoms with Crippen molar-refractivity contribution in [2.45, 2.75) is 18.1 Å². The summed E-state index contributed by atoms with van der Waals surface area (Å²) in [6.07, 6.45) is 1.52. The highest BCUT2D eigenvalue weighted by Gasteiger charge is 2.34. The zero-order valence-electron chi connectivity index (χ0n) is 9.11. The molecule has 2 rings (SSSR count). The van der Waals surface area contributed by atoms with E-state index in [0.29, 0.717) is 5.02 Å². The van der Waals surface area contributed by atoms with Crippen LogP contribution in [0.5, 0.6) is 0 Å². The van der Waals surface area contributed by atoms with E-state index in [1.165, 1.54) is 0 Å². The molecule has 0 amide bonds. The molecule has 0 saturated heterocycles. The zero-order chi connectivity index (χ0) is 12.3. The first-order valence-corrected chi connectivity index (χ1v) is 7.23. The van der Waals surface area contributed by atoms with Crippen LogP contribution < -0.4 is 4.72 Å². The lowest BCUT2D eigenvalue weighted by molar-refractivity contribution is 0.584. The molecule has 0 unspecified atom stereocenters. The van der Waals surface area contributed by atoms with Gasteiger partial charge in [0.2, 0.25) is 10.0 Å². The maximum Gasteiger partial charge on any atom is 0.215 e. The fourth-order valence-corrected chi connectivity index (χ4v) is 2.80.